The highest BCUT2D eigenvalue weighted by Crippen LogP contribution is 2.38. The number of ether oxygens (including phenoxy) is 3. The normalized spacial score (nSPS) is 14.8. The van der Waals surface area contributed by atoms with Gasteiger partial charge in [-0.1, -0.05) is 31.4 Å². The molecule has 1 aromatic heterocycles. The van der Waals surface area contributed by atoms with Gasteiger partial charge in [-0.15, -0.1) is 0 Å². The van der Waals surface area contributed by atoms with Crippen LogP contribution in [0.15, 0.2) is 46.3 Å². The van der Waals surface area contributed by atoms with Gasteiger partial charge in [-0.25, -0.2) is 4.98 Å². The van der Waals surface area contributed by atoms with Gasteiger partial charge in [-0.05, 0) is 37.1 Å². The van der Waals surface area contributed by atoms with E-state index in [0.29, 0.717) is 28.2 Å². The van der Waals surface area contributed by atoms with Crippen molar-refractivity contribution in [3.8, 4) is 17.2 Å². The highest BCUT2D eigenvalue weighted by Gasteiger charge is 2.22. The summed E-state index contributed by atoms with van der Waals surface area (Å²) in [6.07, 6.45) is 7.18. The zero-order valence-corrected chi connectivity index (χ0v) is 18.1. The van der Waals surface area contributed by atoms with Gasteiger partial charge in [0.15, 0.2) is 11.5 Å². The fraction of sp³-hybridized carbons (Fsp3) is 0.375. The third kappa shape index (κ3) is 4.13. The summed E-state index contributed by atoms with van der Waals surface area (Å²) in [4.78, 5) is 18.1. The van der Waals surface area contributed by atoms with Gasteiger partial charge in [0, 0.05) is 11.5 Å². The average molecular weight is 421 g/mol. The van der Waals surface area contributed by atoms with Crippen LogP contribution in [0.25, 0.3) is 10.9 Å². The second-order valence-electron chi connectivity index (χ2n) is 7.64. The molecular weight excluding hydrogens is 394 g/mol. The molecule has 0 saturated heterocycles. The van der Waals surface area contributed by atoms with E-state index in [1.54, 1.807) is 45.7 Å². The summed E-state index contributed by atoms with van der Waals surface area (Å²) in [5.74, 6) is 2.52. The molecule has 1 aliphatic rings. The van der Waals surface area contributed by atoms with Gasteiger partial charge >= 0.3 is 0 Å². The SMILES string of the molecule is COc1cc(C=Nn2c(C3CCCCC3)nc3ccccc3c2=O)cc(OC)c1OC. The van der Waals surface area contributed by atoms with Crippen molar-refractivity contribution in [3.05, 3.63) is 58.1 Å². The standard InChI is InChI=1S/C24H27N3O4/c1-29-20-13-16(14-21(30-2)22(20)31-3)15-25-27-23(17-9-5-4-6-10-17)26-19-12-8-7-11-18(19)24(27)28/h7-8,11-15,17H,4-6,9-10H2,1-3H3. The first kappa shape index (κ1) is 20.9. The van der Waals surface area contributed by atoms with E-state index < -0.39 is 0 Å². The van der Waals surface area contributed by atoms with E-state index in [4.69, 9.17) is 19.2 Å². The Morgan fingerprint density at radius 1 is 1.00 bits per heavy atom. The Hall–Kier alpha value is -3.35. The van der Waals surface area contributed by atoms with Crippen LogP contribution in [-0.2, 0) is 0 Å². The summed E-state index contributed by atoms with van der Waals surface area (Å²) in [5, 5.41) is 5.13. The number of methoxy groups -OCH3 is 3. The minimum Gasteiger partial charge on any atom is -0.493 e. The van der Waals surface area contributed by atoms with E-state index in [1.807, 2.05) is 18.2 Å². The van der Waals surface area contributed by atoms with Crippen molar-refractivity contribution >= 4 is 17.1 Å². The fourth-order valence-corrected chi connectivity index (χ4v) is 4.18. The lowest BCUT2D eigenvalue weighted by Crippen LogP contribution is -2.25. The predicted octanol–water partition coefficient (Wildman–Crippen LogP) is 4.35. The molecule has 0 aliphatic heterocycles. The Balaban J connectivity index is 1.83. The average Bonchev–Trinajstić information content (AvgIpc) is 2.83. The van der Waals surface area contributed by atoms with Gasteiger partial charge in [-0.3, -0.25) is 4.79 Å². The van der Waals surface area contributed by atoms with E-state index in [2.05, 4.69) is 5.10 Å². The summed E-state index contributed by atoms with van der Waals surface area (Å²) in [5.41, 5.74) is 1.28. The quantitative estimate of drug-likeness (QED) is 0.553. The highest BCUT2D eigenvalue weighted by atomic mass is 16.5. The maximum atomic E-state index is 13.3. The van der Waals surface area contributed by atoms with E-state index in [-0.39, 0.29) is 11.5 Å². The number of benzene rings is 2. The van der Waals surface area contributed by atoms with Gasteiger partial charge in [0.2, 0.25) is 5.75 Å². The number of hydrogen-bond donors (Lipinski definition) is 0. The molecule has 7 nitrogen and oxygen atoms in total. The minimum absolute atomic E-state index is 0.158. The minimum atomic E-state index is -0.158. The van der Waals surface area contributed by atoms with Crippen LogP contribution in [0.1, 0.15) is 49.4 Å². The maximum Gasteiger partial charge on any atom is 0.282 e. The number of fused-ring (bicyclic) bond motifs is 1. The molecule has 31 heavy (non-hydrogen) atoms. The molecule has 0 N–H and O–H groups in total. The van der Waals surface area contributed by atoms with Crippen LogP contribution in [0.2, 0.25) is 0 Å². The Bertz CT molecular complexity index is 1140. The number of para-hydroxylation sites is 1. The van der Waals surface area contributed by atoms with Crippen molar-refractivity contribution in [2.45, 2.75) is 38.0 Å². The molecule has 0 atom stereocenters. The van der Waals surface area contributed by atoms with Crippen LogP contribution < -0.4 is 19.8 Å². The van der Waals surface area contributed by atoms with Crippen molar-refractivity contribution in [1.82, 2.24) is 9.66 Å². The molecule has 7 heteroatoms. The van der Waals surface area contributed by atoms with Crippen LogP contribution in [0.3, 0.4) is 0 Å². The molecular formula is C24H27N3O4. The molecule has 0 bridgehead atoms. The maximum absolute atomic E-state index is 13.3. The summed E-state index contributed by atoms with van der Waals surface area (Å²) in [6, 6.07) is 11.0. The summed E-state index contributed by atoms with van der Waals surface area (Å²) < 4.78 is 17.7. The Kier molecular flexibility index (Phi) is 6.21. The van der Waals surface area contributed by atoms with Gasteiger partial charge in [0.05, 0.1) is 38.4 Å². The molecule has 0 amide bonds. The molecule has 0 unspecified atom stereocenters. The van der Waals surface area contributed by atoms with E-state index in [1.165, 1.54) is 11.1 Å². The third-order valence-electron chi connectivity index (χ3n) is 5.76. The molecule has 0 radical (unpaired) electrons. The number of aromatic nitrogens is 2. The van der Waals surface area contributed by atoms with Crippen LogP contribution in [0.5, 0.6) is 17.2 Å². The van der Waals surface area contributed by atoms with E-state index in [0.717, 1.165) is 37.1 Å². The molecule has 1 fully saturated rings. The van der Waals surface area contributed by atoms with Gasteiger partial charge in [0.25, 0.3) is 5.56 Å². The van der Waals surface area contributed by atoms with Crippen molar-refractivity contribution in [3.63, 3.8) is 0 Å². The van der Waals surface area contributed by atoms with Crippen molar-refractivity contribution in [2.75, 3.05) is 21.3 Å². The largest absolute Gasteiger partial charge is 0.493 e. The van der Waals surface area contributed by atoms with Crippen LogP contribution in [-0.4, -0.2) is 37.2 Å². The number of nitrogens with zero attached hydrogens (tertiary/aromatic N) is 3. The van der Waals surface area contributed by atoms with Gasteiger partial charge < -0.3 is 14.2 Å². The lowest BCUT2D eigenvalue weighted by Gasteiger charge is -2.22. The second-order valence-corrected chi connectivity index (χ2v) is 7.64. The van der Waals surface area contributed by atoms with Crippen molar-refractivity contribution in [2.24, 2.45) is 5.10 Å². The van der Waals surface area contributed by atoms with Crippen molar-refractivity contribution in [1.29, 1.82) is 0 Å². The summed E-state index contributed by atoms with van der Waals surface area (Å²) in [7, 11) is 4.69. The zero-order valence-electron chi connectivity index (χ0n) is 18.1. The first-order valence-corrected chi connectivity index (χ1v) is 10.5. The van der Waals surface area contributed by atoms with Crippen LogP contribution in [0, 0.1) is 0 Å². The first-order valence-electron chi connectivity index (χ1n) is 10.5. The van der Waals surface area contributed by atoms with Crippen molar-refractivity contribution < 1.29 is 14.2 Å². The summed E-state index contributed by atoms with van der Waals surface area (Å²) >= 11 is 0. The number of hydrogen-bond acceptors (Lipinski definition) is 6. The van der Waals surface area contributed by atoms with Gasteiger partial charge in [0.1, 0.15) is 5.82 Å². The zero-order chi connectivity index (χ0) is 21.8. The molecule has 1 saturated carbocycles. The molecule has 0 spiro atoms. The fourth-order valence-electron chi connectivity index (χ4n) is 4.18. The first-order chi connectivity index (χ1) is 15.2. The Morgan fingerprint density at radius 3 is 2.32 bits per heavy atom. The Morgan fingerprint density at radius 2 is 1.68 bits per heavy atom. The molecule has 1 heterocycles. The monoisotopic (exact) mass is 421 g/mol. The van der Waals surface area contributed by atoms with Crippen LogP contribution in [0.4, 0.5) is 0 Å². The molecule has 4 rings (SSSR count). The summed E-state index contributed by atoms with van der Waals surface area (Å²) in [6.45, 7) is 0. The lowest BCUT2D eigenvalue weighted by atomic mass is 9.88. The molecule has 162 valence electrons. The molecule has 3 aromatic rings. The molecule has 1 aliphatic carbocycles. The van der Waals surface area contributed by atoms with Gasteiger partial charge in [-0.2, -0.15) is 9.78 Å². The lowest BCUT2D eigenvalue weighted by molar-refractivity contribution is 0.324. The van der Waals surface area contributed by atoms with E-state index in [9.17, 15) is 4.79 Å². The molecule has 2 aromatic carbocycles. The van der Waals surface area contributed by atoms with E-state index >= 15 is 0 Å². The highest BCUT2D eigenvalue weighted by molar-refractivity contribution is 5.83. The smallest absolute Gasteiger partial charge is 0.282 e. The number of rotatable bonds is 6. The van der Waals surface area contributed by atoms with Crippen LogP contribution >= 0.6 is 0 Å². The Labute approximate surface area is 181 Å². The topological polar surface area (TPSA) is 74.9 Å². The third-order valence-corrected chi connectivity index (χ3v) is 5.76. The predicted molar refractivity (Wildman–Crippen MR) is 121 cm³/mol. The second kappa shape index (κ2) is 9.20.